The number of rotatable bonds is 2. The Bertz CT molecular complexity index is 226. The van der Waals surface area contributed by atoms with Crippen LogP contribution in [0.3, 0.4) is 0 Å². The number of nitrogens with one attached hydrogen (secondary N) is 1. The third-order valence-electron chi connectivity index (χ3n) is 4.18. The maximum Gasteiger partial charge on any atom is 0.0781 e. The summed E-state index contributed by atoms with van der Waals surface area (Å²) in [5, 5.41) is 3.65. The van der Waals surface area contributed by atoms with Gasteiger partial charge in [0.1, 0.15) is 0 Å². The van der Waals surface area contributed by atoms with Gasteiger partial charge >= 0.3 is 0 Å². The minimum Gasteiger partial charge on any atom is -0.374 e. The van der Waals surface area contributed by atoms with Gasteiger partial charge in [-0.25, -0.2) is 0 Å². The van der Waals surface area contributed by atoms with Crippen LogP contribution in [0, 0.1) is 0 Å². The van der Waals surface area contributed by atoms with Gasteiger partial charge < -0.3 is 15.0 Å². The average molecular weight is 240 g/mol. The molecule has 0 aromatic rings. The van der Waals surface area contributed by atoms with Crippen LogP contribution >= 0.6 is 0 Å². The van der Waals surface area contributed by atoms with E-state index in [2.05, 4.69) is 31.0 Å². The van der Waals surface area contributed by atoms with Gasteiger partial charge in [-0.1, -0.05) is 0 Å². The molecule has 0 bridgehead atoms. The van der Waals surface area contributed by atoms with E-state index in [1.165, 1.54) is 38.8 Å². The van der Waals surface area contributed by atoms with Gasteiger partial charge in [0.15, 0.2) is 0 Å². The zero-order valence-electron chi connectivity index (χ0n) is 11.7. The minimum atomic E-state index is 0.124. The molecule has 0 saturated carbocycles. The zero-order chi connectivity index (χ0) is 12.3. The third kappa shape index (κ3) is 3.94. The Kier molecular flexibility index (Phi) is 4.45. The largest absolute Gasteiger partial charge is 0.374 e. The molecular formula is C14H28N2O. The van der Waals surface area contributed by atoms with E-state index in [1.807, 2.05) is 0 Å². The van der Waals surface area contributed by atoms with Crippen molar-refractivity contribution in [1.82, 2.24) is 10.2 Å². The molecule has 2 heterocycles. The Morgan fingerprint density at radius 1 is 1.24 bits per heavy atom. The van der Waals surface area contributed by atoms with Gasteiger partial charge in [-0.05, 0) is 59.5 Å². The summed E-state index contributed by atoms with van der Waals surface area (Å²) in [6.07, 6.45) is 4.96. The lowest BCUT2D eigenvalue weighted by molar-refractivity contribution is -0.0114. The van der Waals surface area contributed by atoms with E-state index in [4.69, 9.17) is 4.74 Å². The second kappa shape index (κ2) is 5.68. The van der Waals surface area contributed by atoms with Gasteiger partial charge in [-0.2, -0.15) is 0 Å². The molecule has 100 valence electrons. The van der Waals surface area contributed by atoms with Crippen LogP contribution < -0.4 is 5.32 Å². The zero-order valence-corrected chi connectivity index (χ0v) is 11.7. The normalized spacial score (nSPS) is 41.1. The van der Waals surface area contributed by atoms with Crippen molar-refractivity contribution in [1.29, 1.82) is 0 Å². The summed E-state index contributed by atoms with van der Waals surface area (Å²) in [6, 6.07) is 1.29. The predicted molar refractivity (Wildman–Crippen MR) is 71.3 cm³/mol. The summed E-state index contributed by atoms with van der Waals surface area (Å²) in [6.45, 7) is 11.4. The Labute approximate surface area is 106 Å². The van der Waals surface area contributed by atoms with Crippen molar-refractivity contribution >= 4 is 0 Å². The average Bonchev–Trinajstić information content (AvgIpc) is 2.67. The summed E-state index contributed by atoms with van der Waals surface area (Å²) in [7, 11) is 0. The monoisotopic (exact) mass is 240 g/mol. The highest BCUT2D eigenvalue weighted by atomic mass is 16.5. The molecule has 3 nitrogen and oxygen atoms in total. The van der Waals surface area contributed by atoms with E-state index in [0.29, 0.717) is 12.1 Å². The molecule has 0 spiro atoms. The first-order valence-electron chi connectivity index (χ1n) is 7.20. The van der Waals surface area contributed by atoms with Crippen molar-refractivity contribution in [3.63, 3.8) is 0 Å². The van der Waals surface area contributed by atoms with Crippen LogP contribution in [-0.4, -0.2) is 48.8 Å². The molecular weight excluding hydrogens is 212 g/mol. The first-order chi connectivity index (χ1) is 8.07. The van der Waals surface area contributed by atoms with Crippen molar-refractivity contribution in [3.8, 4) is 0 Å². The van der Waals surface area contributed by atoms with Gasteiger partial charge in [0.2, 0.25) is 0 Å². The Morgan fingerprint density at radius 2 is 1.88 bits per heavy atom. The van der Waals surface area contributed by atoms with E-state index in [-0.39, 0.29) is 5.60 Å². The molecule has 2 aliphatic heterocycles. The number of hydrogen-bond acceptors (Lipinski definition) is 3. The van der Waals surface area contributed by atoms with E-state index in [9.17, 15) is 0 Å². The number of nitrogens with zero attached hydrogens (tertiary/aromatic N) is 1. The lowest BCUT2D eigenvalue weighted by Gasteiger charge is -2.35. The van der Waals surface area contributed by atoms with Crippen LogP contribution in [0.2, 0.25) is 0 Å². The first kappa shape index (κ1) is 13.3. The quantitative estimate of drug-likeness (QED) is 0.799. The highest BCUT2D eigenvalue weighted by Gasteiger charge is 2.32. The summed E-state index contributed by atoms with van der Waals surface area (Å²) >= 11 is 0. The fourth-order valence-electron chi connectivity index (χ4n) is 3.11. The molecule has 0 amide bonds. The molecule has 2 rings (SSSR count). The standard InChI is InChI=1S/C14H28N2O/c1-12-5-8-16(9-6-13(2)15-12)11-14(3)7-4-10-17-14/h12-13,15H,4-11H2,1-3H3. The molecule has 1 N–H and O–H groups in total. The van der Waals surface area contributed by atoms with Gasteiger partial charge in [0.05, 0.1) is 5.60 Å². The molecule has 17 heavy (non-hydrogen) atoms. The van der Waals surface area contributed by atoms with Crippen LogP contribution in [0.4, 0.5) is 0 Å². The molecule has 2 saturated heterocycles. The summed E-state index contributed by atoms with van der Waals surface area (Å²) in [4.78, 5) is 2.61. The molecule has 0 aromatic carbocycles. The smallest absolute Gasteiger partial charge is 0.0781 e. The molecule has 3 unspecified atom stereocenters. The van der Waals surface area contributed by atoms with Gasteiger partial charge in [-0.15, -0.1) is 0 Å². The molecule has 2 fully saturated rings. The summed E-state index contributed by atoms with van der Waals surface area (Å²) in [5.74, 6) is 0. The summed E-state index contributed by atoms with van der Waals surface area (Å²) < 4.78 is 5.91. The second-order valence-electron chi connectivity index (χ2n) is 6.22. The third-order valence-corrected chi connectivity index (χ3v) is 4.18. The lowest BCUT2D eigenvalue weighted by atomic mass is 10.0. The molecule has 0 aromatic heterocycles. The molecule has 3 heteroatoms. The molecule has 0 aliphatic carbocycles. The SMILES string of the molecule is CC1CCN(CC2(C)CCCO2)CCC(C)N1. The summed E-state index contributed by atoms with van der Waals surface area (Å²) in [5.41, 5.74) is 0.124. The molecule has 2 aliphatic rings. The van der Waals surface area contributed by atoms with Crippen LogP contribution in [0.15, 0.2) is 0 Å². The topological polar surface area (TPSA) is 24.5 Å². The maximum atomic E-state index is 5.91. The minimum absolute atomic E-state index is 0.124. The van der Waals surface area contributed by atoms with Gasteiger partial charge in [0.25, 0.3) is 0 Å². The van der Waals surface area contributed by atoms with Crippen molar-refractivity contribution < 1.29 is 4.74 Å². The Morgan fingerprint density at radius 3 is 2.41 bits per heavy atom. The van der Waals surface area contributed by atoms with Gasteiger partial charge in [-0.3, -0.25) is 0 Å². The predicted octanol–water partition coefficient (Wildman–Crippen LogP) is 2.02. The van der Waals surface area contributed by atoms with Crippen LogP contribution in [0.5, 0.6) is 0 Å². The van der Waals surface area contributed by atoms with E-state index >= 15 is 0 Å². The van der Waals surface area contributed by atoms with Crippen LogP contribution in [0.25, 0.3) is 0 Å². The molecule has 3 atom stereocenters. The Balaban J connectivity index is 1.86. The Hall–Kier alpha value is -0.120. The van der Waals surface area contributed by atoms with Crippen molar-refractivity contribution in [3.05, 3.63) is 0 Å². The van der Waals surface area contributed by atoms with E-state index in [1.54, 1.807) is 0 Å². The van der Waals surface area contributed by atoms with E-state index in [0.717, 1.165) is 13.2 Å². The number of ether oxygens (including phenoxy) is 1. The lowest BCUT2D eigenvalue weighted by Crippen LogP contribution is -2.47. The maximum absolute atomic E-state index is 5.91. The van der Waals surface area contributed by atoms with Gasteiger partial charge in [0, 0.05) is 25.2 Å². The van der Waals surface area contributed by atoms with Crippen molar-refractivity contribution in [2.24, 2.45) is 0 Å². The van der Waals surface area contributed by atoms with Crippen LogP contribution in [-0.2, 0) is 4.74 Å². The second-order valence-corrected chi connectivity index (χ2v) is 6.22. The van der Waals surface area contributed by atoms with Crippen LogP contribution in [0.1, 0.15) is 46.5 Å². The number of hydrogen-bond donors (Lipinski definition) is 1. The fraction of sp³-hybridized carbons (Fsp3) is 1.00. The highest BCUT2D eigenvalue weighted by Crippen LogP contribution is 2.26. The first-order valence-corrected chi connectivity index (χ1v) is 7.20. The fourth-order valence-corrected chi connectivity index (χ4v) is 3.11. The van der Waals surface area contributed by atoms with E-state index < -0.39 is 0 Å². The van der Waals surface area contributed by atoms with Crippen molar-refractivity contribution in [2.75, 3.05) is 26.2 Å². The van der Waals surface area contributed by atoms with Crippen molar-refractivity contribution in [2.45, 2.75) is 64.1 Å². The highest BCUT2D eigenvalue weighted by molar-refractivity contribution is 4.85. The molecule has 0 radical (unpaired) electrons.